The van der Waals surface area contributed by atoms with E-state index in [0.717, 1.165) is 5.56 Å². The molecule has 0 aliphatic rings. The number of nitrogens with one attached hydrogen (secondary N) is 1. The van der Waals surface area contributed by atoms with Crippen molar-refractivity contribution in [3.8, 4) is 0 Å². The molecule has 15 heavy (non-hydrogen) atoms. The van der Waals surface area contributed by atoms with Crippen LogP contribution in [0, 0.1) is 12.3 Å². The first kappa shape index (κ1) is 11.7. The molecule has 0 aliphatic carbocycles. The molecule has 0 heterocycles. The Hall–Kier alpha value is -1.42. The molecule has 1 aromatic carbocycles. The van der Waals surface area contributed by atoms with Gasteiger partial charge in [0.15, 0.2) is 0 Å². The van der Waals surface area contributed by atoms with Crippen LogP contribution in [-0.4, -0.2) is 13.5 Å². The van der Waals surface area contributed by atoms with Gasteiger partial charge in [0.05, 0.1) is 0 Å². The van der Waals surface area contributed by atoms with E-state index in [0.29, 0.717) is 0 Å². The molecule has 0 radical (unpaired) electrons. The monoisotopic (exact) mass is 224 g/mol. The average molecular weight is 224 g/mol. The van der Waals surface area contributed by atoms with Crippen LogP contribution in [0.15, 0.2) is 41.3 Å². The Labute approximate surface area is 89.9 Å². The third-order valence-electron chi connectivity index (χ3n) is 1.96. The standard InChI is InChI=1S/C11H13NO2S/c1-3-4-11(12)15(13,14)10-7-5-9(2)6-8-10/h3-8,12H,1-2H3/p+1/b4-3+,12-11?. The van der Waals surface area contributed by atoms with Crippen LogP contribution in [-0.2, 0) is 9.84 Å². The van der Waals surface area contributed by atoms with Crippen LogP contribution < -0.4 is 0 Å². The molecule has 0 fully saturated rings. The van der Waals surface area contributed by atoms with Crippen LogP contribution in [0.5, 0.6) is 0 Å². The van der Waals surface area contributed by atoms with E-state index in [-0.39, 0.29) is 9.94 Å². The van der Waals surface area contributed by atoms with Gasteiger partial charge < -0.3 is 0 Å². The van der Waals surface area contributed by atoms with Crippen LogP contribution in [0.4, 0.5) is 0 Å². The Balaban J connectivity index is 3.18. The molecule has 4 heteroatoms. The van der Waals surface area contributed by atoms with E-state index in [9.17, 15) is 8.42 Å². The second-order valence-electron chi connectivity index (χ2n) is 3.20. The lowest BCUT2D eigenvalue weighted by atomic mass is 10.2. The van der Waals surface area contributed by atoms with Gasteiger partial charge in [-0.05, 0) is 32.1 Å². The van der Waals surface area contributed by atoms with Gasteiger partial charge in [0.1, 0.15) is 4.90 Å². The van der Waals surface area contributed by atoms with Crippen molar-refractivity contribution in [1.29, 1.82) is 5.41 Å². The topological polar surface area (TPSA) is 62.3 Å². The first-order chi connectivity index (χ1) is 6.98. The summed E-state index contributed by atoms with van der Waals surface area (Å²) in [5.41, 5.74) is 1.02. The van der Waals surface area contributed by atoms with Crippen molar-refractivity contribution in [1.82, 2.24) is 0 Å². The van der Waals surface area contributed by atoms with E-state index in [1.807, 2.05) is 6.92 Å². The largest absolute Gasteiger partial charge is 0.348 e. The van der Waals surface area contributed by atoms with E-state index in [2.05, 4.69) is 0 Å². The summed E-state index contributed by atoms with van der Waals surface area (Å²) in [6, 6.07) is 6.67. The SMILES string of the molecule is C/C=C/C(=N)S(=O)(=[OH+])c1ccc(C)cc1. The van der Waals surface area contributed by atoms with Crippen LogP contribution in [0.3, 0.4) is 0 Å². The van der Waals surface area contributed by atoms with Gasteiger partial charge in [-0.3, -0.25) is 5.41 Å². The fourth-order valence-corrected chi connectivity index (χ4v) is 2.17. The molecule has 2 N–H and O–H groups in total. The second-order valence-corrected chi connectivity index (χ2v) is 5.17. The summed E-state index contributed by atoms with van der Waals surface area (Å²) in [5, 5.41) is 7.20. The molecule has 80 valence electrons. The zero-order valence-electron chi connectivity index (χ0n) is 8.73. The molecule has 1 atom stereocenters. The average Bonchev–Trinajstić information content (AvgIpc) is 2.18. The number of hydrogen-bond acceptors (Lipinski definition) is 2. The van der Waals surface area contributed by atoms with Crippen molar-refractivity contribution < 1.29 is 8.42 Å². The van der Waals surface area contributed by atoms with Gasteiger partial charge in [-0.2, -0.15) is 4.21 Å². The fourth-order valence-electron chi connectivity index (χ4n) is 1.09. The predicted octanol–water partition coefficient (Wildman–Crippen LogP) is 2.48. The normalized spacial score (nSPS) is 15.1. The maximum Gasteiger partial charge on any atom is 0.348 e. The second kappa shape index (κ2) is 4.40. The van der Waals surface area contributed by atoms with E-state index in [1.54, 1.807) is 37.3 Å². The summed E-state index contributed by atoms with van der Waals surface area (Å²) in [5.74, 6) is 0. The molecule has 1 unspecified atom stereocenters. The number of rotatable bonds is 2. The first-order valence-corrected chi connectivity index (χ1v) is 6.04. The van der Waals surface area contributed by atoms with E-state index >= 15 is 0 Å². The Morgan fingerprint density at radius 1 is 1.40 bits per heavy atom. The smallest absolute Gasteiger partial charge is 0.285 e. The quantitative estimate of drug-likeness (QED) is 0.468. The van der Waals surface area contributed by atoms with Crippen molar-refractivity contribution in [3.05, 3.63) is 42.0 Å². The zero-order chi connectivity index (χ0) is 11.5. The molecular formula is C11H14NO2S+. The molecule has 1 aromatic rings. The summed E-state index contributed by atoms with van der Waals surface area (Å²) < 4.78 is 21.6. The molecule has 0 aliphatic heterocycles. The lowest BCUT2D eigenvalue weighted by Gasteiger charge is -1.98. The Morgan fingerprint density at radius 3 is 2.40 bits per heavy atom. The summed E-state index contributed by atoms with van der Waals surface area (Å²) in [4.78, 5) is 0.274. The Kier molecular flexibility index (Phi) is 3.42. The number of aryl methyl sites for hydroxylation is 1. The first-order valence-electron chi connectivity index (χ1n) is 4.53. The van der Waals surface area contributed by atoms with E-state index in [1.165, 1.54) is 6.08 Å². The highest BCUT2D eigenvalue weighted by Gasteiger charge is 2.24. The molecule has 1 rings (SSSR count). The zero-order valence-corrected chi connectivity index (χ0v) is 9.54. The molecule has 0 bridgehead atoms. The summed E-state index contributed by atoms with van der Waals surface area (Å²) in [6.45, 7) is 3.61. The molecule has 0 spiro atoms. The van der Waals surface area contributed by atoms with Crippen molar-refractivity contribution in [2.75, 3.05) is 0 Å². The summed E-state index contributed by atoms with van der Waals surface area (Å²) in [7, 11) is -3.37. The lowest BCUT2D eigenvalue weighted by molar-refractivity contribution is 0.626. The molecule has 0 amide bonds. The van der Waals surface area contributed by atoms with Gasteiger partial charge in [-0.1, -0.05) is 23.8 Å². The van der Waals surface area contributed by atoms with Gasteiger partial charge >= 0.3 is 9.84 Å². The van der Waals surface area contributed by atoms with Gasteiger partial charge in [-0.25, -0.2) is 4.21 Å². The minimum Gasteiger partial charge on any atom is -0.285 e. The van der Waals surface area contributed by atoms with Crippen LogP contribution >= 0.6 is 0 Å². The third kappa shape index (κ3) is 2.53. The van der Waals surface area contributed by atoms with Gasteiger partial charge in [0.25, 0.3) is 0 Å². The maximum absolute atomic E-state index is 11.9. The van der Waals surface area contributed by atoms with E-state index in [4.69, 9.17) is 5.41 Å². The number of benzene rings is 1. The fraction of sp³-hybridized carbons (Fsp3) is 0.182. The van der Waals surface area contributed by atoms with Gasteiger partial charge in [0, 0.05) is 0 Å². The highest BCUT2D eigenvalue weighted by Crippen LogP contribution is 2.13. The van der Waals surface area contributed by atoms with Crippen LogP contribution in [0.2, 0.25) is 0 Å². The third-order valence-corrected chi connectivity index (χ3v) is 3.60. The molecule has 3 nitrogen and oxygen atoms in total. The highest BCUT2D eigenvalue weighted by atomic mass is 32.2. The predicted molar refractivity (Wildman–Crippen MR) is 62.1 cm³/mol. The summed E-state index contributed by atoms with van der Waals surface area (Å²) in [6.07, 6.45) is 2.91. The Morgan fingerprint density at radius 2 is 1.93 bits per heavy atom. The maximum atomic E-state index is 11.9. The van der Waals surface area contributed by atoms with Crippen molar-refractivity contribution in [2.24, 2.45) is 0 Å². The van der Waals surface area contributed by atoms with Crippen LogP contribution in [0.1, 0.15) is 12.5 Å². The van der Waals surface area contributed by atoms with Crippen LogP contribution in [0.25, 0.3) is 0 Å². The number of hydrogen-bond donors (Lipinski definition) is 1. The number of allylic oxidation sites excluding steroid dienone is 1. The summed E-state index contributed by atoms with van der Waals surface area (Å²) >= 11 is 0. The molecular weight excluding hydrogens is 210 g/mol. The van der Waals surface area contributed by atoms with Crippen molar-refractivity contribution in [3.63, 3.8) is 0 Å². The lowest BCUT2D eigenvalue weighted by Crippen LogP contribution is -2.11. The minimum atomic E-state index is -3.37. The Bertz CT molecular complexity index is 484. The van der Waals surface area contributed by atoms with Gasteiger partial charge in [-0.15, -0.1) is 0 Å². The molecule has 0 saturated carbocycles. The van der Waals surface area contributed by atoms with Gasteiger partial charge in [0.2, 0.25) is 5.04 Å². The van der Waals surface area contributed by atoms with Crippen molar-refractivity contribution in [2.45, 2.75) is 18.7 Å². The van der Waals surface area contributed by atoms with E-state index < -0.39 is 9.84 Å². The highest BCUT2D eigenvalue weighted by molar-refractivity contribution is 8.06. The minimum absolute atomic E-state index is 0.270. The van der Waals surface area contributed by atoms with Crippen molar-refractivity contribution >= 4 is 14.9 Å². The molecule has 0 saturated heterocycles. The molecule has 0 aromatic heterocycles.